The number of hydrogen-bond acceptors (Lipinski definition) is 2. The minimum Gasteiger partial charge on any atom is -0.272 e. The van der Waals surface area contributed by atoms with E-state index in [1.807, 2.05) is 97.9 Å². The Morgan fingerprint density at radius 1 is 0.760 bits per heavy atom. The number of nitrogens with zero attached hydrogens (tertiary/aromatic N) is 1. The summed E-state index contributed by atoms with van der Waals surface area (Å²) in [6.07, 6.45) is 0. The number of carbonyl (C=O) groups is 1. The molecule has 0 aliphatic rings. The lowest BCUT2D eigenvalue weighted by Gasteiger charge is -2.16. The van der Waals surface area contributed by atoms with Gasteiger partial charge in [-0.2, -0.15) is 5.10 Å². The Labute approximate surface area is 148 Å². The number of hydrogen-bond donors (Lipinski definition) is 1. The van der Waals surface area contributed by atoms with E-state index in [1.165, 1.54) is 0 Å². The third-order valence-corrected chi connectivity index (χ3v) is 4.05. The summed E-state index contributed by atoms with van der Waals surface area (Å²) in [7, 11) is 0. The van der Waals surface area contributed by atoms with Crippen molar-refractivity contribution in [3.63, 3.8) is 0 Å². The smallest absolute Gasteiger partial charge is 0.252 e. The molecule has 0 aromatic heterocycles. The number of rotatable bonds is 5. The van der Waals surface area contributed by atoms with Crippen molar-refractivity contribution in [1.29, 1.82) is 0 Å². The van der Waals surface area contributed by atoms with Crippen molar-refractivity contribution in [3.05, 3.63) is 108 Å². The molecular formula is C22H20N2O. The monoisotopic (exact) mass is 328 g/mol. The lowest BCUT2D eigenvalue weighted by atomic mass is 9.91. The molecule has 3 rings (SSSR count). The van der Waals surface area contributed by atoms with Crippen LogP contribution in [0.25, 0.3) is 0 Å². The highest BCUT2D eigenvalue weighted by Crippen LogP contribution is 2.24. The highest BCUT2D eigenvalue weighted by atomic mass is 16.2. The van der Waals surface area contributed by atoms with E-state index in [-0.39, 0.29) is 5.91 Å². The summed E-state index contributed by atoms with van der Waals surface area (Å²) in [5.74, 6) is -0.539. The number of amides is 1. The van der Waals surface area contributed by atoms with E-state index in [0.717, 1.165) is 22.4 Å². The molecule has 25 heavy (non-hydrogen) atoms. The van der Waals surface area contributed by atoms with E-state index in [4.69, 9.17) is 0 Å². The molecule has 124 valence electrons. The van der Waals surface area contributed by atoms with Gasteiger partial charge >= 0.3 is 0 Å². The Morgan fingerprint density at radius 3 is 1.68 bits per heavy atom. The van der Waals surface area contributed by atoms with Crippen molar-refractivity contribution in [2.45, 2.75) is 12.8 Å². The Hall–Kier alpha value is -3.20. The van der Waals surface area contributed by atoms with E-state index in [2.05, 4.69) is 10.5 Å². The van der Waals surface area contributed by atoms with Gasteiger partial charge in [-0.15, -0.1) is 0 Å². The fourth-order valence-electron chi connectivity index (χ4n) is 2.73. The summed E-state index contributed by atoms with van der Waals surface area (Å²) in [6, 6.07) is 29.3. The second-order valence-electron chi connectivity index (χ2n) is 5.79. The highest BCUT2D eigenvalue weighted by Gasteiger charge is 2.22. The molecule has 0 atom stereocenters. The first-order valence-electron chi connectivity index (χ1n) is 8.25. The van der Waals surface area contributed by atoms with E-state index >= 15 is 0 Å². The molecule has 1 N–H and O–H groups in total. The van der Waals surface area contributed by atoms with Gasteiger partial charge in [0.2, 0.25) is 0 Å². The molecule has 0 bridgehead atoms. The number of benzene rings is 3. The van der Waals surface area contributed by atoms with Crippen LogP contribution in [0.5, 0.6) is 0 Å². The Morgan fingerprint density at radius 2 is 1.20 bits per heavy atom. The maximum Gasteiger partial charge on any atom is 0.252 e. The van der Waals surface area contributed by atoms with Crippen molar-refractivity contribution in [2.24, 2.45) is 5.10 Å². The van der Waals surface area contributed by atoms with Crippen molar-refractivity contribution < 1.29 is 4.79 Å². The highest BCUT2D eigenvalue weighted by molar-refractivity contribution is 5.99. The number of hydrazone groups is 1. The molecule has 0 radical (unpaired) electrons. The minimum atomic E-state index is -0.394. The summed E-state index contributed by atoms with van der Waals surface area (Å²) >= 11 is 0. The molecule has 0 heterocycles. The summed E-state index contributed by atoms with van der Waals surface area (Å²) < 4.78 is 0. The van der Waals surface area contributed by atoms with Gasteiger partial charge in [0.1, 0.15) is 0 Å². The SMILES string of the molecule is CC(=NNC(=O)C(c1ccccc1)c1ccccc1)c1ccccc1. The fourth-order valence-corrected chi connectivity index (χ4v) is 2.73. The van der Waals surface area contributed by atoms with E-state index < -0.39 is 5.92 Å². The maximum absolute atomic E-state index is 12.9. The van der Waals surface area contributed by atoms with E-state index in [1.54, 1.807) is 0 Å². The van der Waals surface area contributed by atoms with Crippen LogP contribution >= 0.6 is 0 Å². The normalized spacial score (nSPS) is 11.4. The lowest BCUT2D eigenvalue weighted by Crippen LogP contribution is -2.27. The Kier molecular flexibility index (Phi) is 5.37. The Balaban J connectivity index is 1.85. The quantitative estimate of drug-likeness (QED) is 0.549. The van der Waals surface area contributed by atoms with Gasteiger partial charge in [-0.25, -0.2) is 5.43 Å². The second kappa shape index (κ2) is 8.06. The molecule has 0 saturated carbocycles. The summed E-state index contributed by atoms with van der Waals surface area (Å²) in [6.45, 7) is 1.88. The van der Waals surface area contributed by atoms with Gasteiger partial charge < -0.3 is 0 Å². The van der Waals surface area contributed by atoms with Gasteiger partial charge in [0.25, 0.3) is 5.91 Å². The third-order valence-electron chi connectivity index (χ3n) is 4.05. The summed E-state index contributed by atoms with van der Waals surface area (Å²) in [4.78, 5) is 12.9. The molecule has 0 unspecified atom stereocenters. The van der Waals surface area contributed by atoms with Crippen LogP contribution in [0.2, 0.25) is 0 Å². The standard InChI is InChI=1S/C22H20N2O/c1-17(18-11-5-2-6-12-18)23-24-22(25)21(19-13-7-3-8-14-19)20-15-9-4-10-16-20/h2-16,21H,1H3,(H,24,25). The average molecular weight is 328 g/mol. The van der Waals surface area contributed by atoms with Crippen LogP contribution in [0.15, 0.2) is 96.1 Å². The second-order valence-corrected chi connectivity index (χ2v) is 5.79. The van der Waals surface area contributed by atoms with Gasteiger partial charge in [0.15, 0.2) is 0 Å². The molecule has 3 heteroatoms. The fraction of sp³-hybridized carbons (Fsp3) is 0.0909. The lowest BCUT2D eigenvalue weighted by molar-refractivity contribution is -0.121. The summed E-state index contributed by atoms with van der Waals surface area (Å²) in [5, 5.41) is 4.28. The molecule has 3 aromatic rings. The molecule has 0 aliphatic carbocycles. The van der Waals surface area contributed by atoms with Crippen LogP contribution in [0.4, 0.5) is 0 Å². The first kappa shape index (κ1) is 16.7. The van der Waals surface area contributed by atoms with Crippen molar-refractivity contribution >= 4 is 11.6 Å². The number of carbonyl (C=O) groups excluding carboxylic acids is 1. The zero-order chi connectivity index (χ0) is 17.5. The van der Waals surface area contributed by atoms with Crippen LogP contribution < -0.4 is 5.43 Å². The van der Waals surface area contributed by atoms with Crippen LogP contribution in [-0.2, 0) is 4.79 Å². The van der Waals surface area contributed by atoms with Gasteiger partial charge in [-0.05, 0) is 23.6 Å². The molecule has 3 nitrogen and oxygen atoms in total. The van der Waals surface area contributed by atoms with Crippen molar-refractivity contribution in [1.82, 2.24) is 5.43 Å². The first-order valence-corrected chi connectivity index (χ1v) is 8.25. The zero-order valence-electron chi connectivity index (χ0n) is 14.1. The molecule has 0 saturated heterocycles. The molecule has 3 aromatic carbocycles. The molecule has 0 aliphatic heterocycles. The Bertz CT molecular complexity index is 803. The van der Waals surface area contributed by atoms with Gasteiger partial charge in [0.05, 0.1) is 11.6 Å². The van der Waals surface area contributed by atoms with Gasteiger partial charge in [0, 0.05) is 0 Å². The largest absolute Gasteiger partial charge is 0.272 e. The zero-order valence-corrected chi connectivity index (χ0v) is 14.1. The third kappa shape index (κ3) is 4.21. The van der Waals surface area contributed by atoms with Crippen LogP contribution in [0.1, 0.15) is 29.5 Å². The van der Waals surface area contributed by atoms with Crippen molar-refractivity contribution in [3.8, 4) is 0 Å². The van der Waals surface area contributed by atoms with Gasteiger partial charge in [-0.1, -0.05) is 91.0 Å². The predicted molar refractivity (Wildman–Crippen MR) is 102 cm³/mol. The molecular weight excluding hydrogens is 308 g/mol. The maximum atomic E-state index is 12.9. The van der Waals surface area contributed by atoms with E-state index in [0.29, 0.717) is 0 Å². The average Bonchev–Trinajstić information content (AvgIpc) is 2.69. The van der Waals surface area contributed by atoms with Gasteiger partial charge in [-0.3, -0.25) is 4.79 Å². The van der Waals surface area contributed by atoms with Crippen LogP contribution in [0, 0.1) is 0 Å². The topological polar surface area (TPSA) is 41.5 Å². The minimum absolute atomic E-state index is 0.146. The van der Waals surface area contributed by atoms with Crippen LogP contribution in [0.3, 0.4) is 0 Å². The van der Waals surface area contributed by atoms with E-state index in [9.17, 15) is 4.79 Å². The van der Waals surface area contributed by atoms with Crippen LogP contribution in [-0.4, -0.2) is 11.6 Å². The van der Waals surface area contributed by atoms with Crippen molar-refractivity contribution in [2.75, 3.05) is 0 Å². The first-order chi connectivity index (χ1) is 12.3. The predicted octanol–water partition coefficient (Wildman–Crippen LogP) is 4.36. The molecule has 0 spiro atoms. The number of nitrogens with one attached hydrogen (secondary N) is 1. The molecule has 0 fully saturated rings. The molecule has 1 amide bonds. The summed E-state index contributed by atoms with van der Waals surface area (Å²) in [5.41, 5.74) is 6.37.